The highest BCUT2D eigenvalue weighted by Crippen LogP contribution is 2.37. The summed E-state index contributed by atoms with van der Waals surface area (Å²) in [6, 6.07) is 4.79. The molecule has 0 spiro atoms. The molecule has 0 saturated heterocycles. The highest BCUT2D eigenvalue weighted by atomic mass is 79.9. The molecule has 2 heterocycles. The Morgan fingerprint density at radius 2 is 2.05 bits per heavy atom. The van der Waals surface area contributed by atoms with Crippen molar-refractivity contribution in [1.29, 1.82) is 0 Å². The normalized spacial score (nSPS) is 12.8. The monoisotopic (exact) mass is 485 g/mol. The lowest BCUT2D eigenvalue weighted by molar-refractivity contribution is 0.532. The predicted molar refractivity (Wildman–Crippen MR) is 96.5 cm³/mol. The molecule has 6 heteroatoms. The number of hydrogen-bond acceptors (Lipinski definition) is 3. The molecule has 104 valence electrons. The predicted octanol–water partition coefficient (Wildman–Crippen LogP) is 6.38. The second-order valence-corrected chi connectivity index (χ2v) is 9.88. The first-order chi connectivity index (χ1) is 9.10. The smallest absolute Gasteiger partial charge is 0.0758 e. The lowest BCUT2D eigenvalue weighted by Crippen LogP contribution is -2.23. The van der Waals surface area contributed by atoms with Crippen LogP contribution in [0.15, 0.2) is 29.6 Å². The fourth-order valence-electron chi connectivity index (χ4n) is 1.86. The minimum absolute atomic E-state index is 0.363. The van der Waals surface area contributed by atoms with Crippen LogP contribution < -0.4 is 5.32 Å². The van der Waals surface area contributed by atoms with E-state index in [-0.39, 0.29) is 0 Å². The van der Waals surface area contributed by atoms with E-state index in [0.717, 1.165) is 19.4 Å². The molecule has 0 aromatic carbocycles. The molecule has 2 rings (SSSR count). The molecule has 0 saturated carbocycles. The van der Waals surface area contributed by atoms with Gasteiger partial charge in [0.1, 0.15) is 0 Å². The van der Waals surface area contributed by atoms with Gasteiger partial charge < -0.3 is 5.32 Å². The molecule has 19 heavy (non-hydrogen) atoms. The van der Waals surface area contributed by atoms with Gasteiger partial charge in [0, 0.05) is 27.2 Å². The van der Waals surface area contributed by atoms with Crippen molar-refractivity contribution in [2.75, 3.05) is 6.54 Å². The van der Waals surface area contributed by atoms with Crippen molar-refractivity contribution in [3.05, 3.63) is 40.0 Å². The number of nitrogens with one attached hydrogen (secondary N) is 1. The minimum atomic E-state index is 0.363. The maximum Gasteiger partial charge on any atom is 0.0758 e. The molecule has 0 aliphatic heterocycles. The third-order valence-corrected chi connectivity index (χ3v) is 6.83. The maximum absolute atomic E-state index is 3.67. The summed E-state index contributed by atoms with van der Waals surface area (Å²) in [5, 5.41) is 5.79. The zero-order chi connectivity index (χ0) is 13.8. The molecule has 0 aliphatic rings. The summed E-state index contributed by atoms with van der Waals surface area (Å²) in [7, 11) is 0. The molecule has 2 aromatic rings. The van der Waals surface area contributed by atoms with E-state index in [1.54, 1.807) is 11.3 Å². The van der Waals surface area contributed by atoms with Crippen LogP contribution in [-0.4, -0.2) is 6.54 Å². The Bertz CT molecular complexity index is 536. The van der Waals surface area contributed by atoms with Crippen molar-refractivity contribution in [1.82, 2.24) is 5.32 Å². The lowest BCUT2D eigenvalue weighted by atomic mass is 10.1. The third-order valence-electron chi connectivity index (χ3n) is 2.73. The van der Waals surface area contributed by atoms with E-state index in [1.165, 1.54) is 22.5 Å². The quantitative estimate of drug-likeness (QED) is 0.498. The Labute approximate surface area is 147 Å². The maximum atomic E-state index is 3.67. The standard InChI is InChI=1S/C13H14Br3NS2/c1-2-3-17-11(5-9-4-8(14)7-18-9)10-6-12(15)19-13(10)16/h4,6-7,11,17H,2-3,5H2,1H3. The van der Waals surface area contributed by atoms with Gasteiger partial charge in [0.05, 0.1) is 7.57 Å². The summed E-state index contributed by atoms with van der Waals surface area (Å²) in [5.41, 5.74) is 1.34. The Balaban J connectivity index is 2.18. The largest absolute Gasteiger partial charge is 0.310 e. The van der Waals surface area contributed by atoms with E-state index in [0.29, 0.717) is 6.04 Å². The summed E-state index contributed by atoms with van der Waals surface area (Å²) in [5.74, 6) is 0. The molecule has 0 aliphatic carbocycles. The molecular formula is C13H14Br3NS2. The van der Waals surface area contributed by atoms with Gasteiger partial charge >= 0.3 is 0 Å². The second kappa shape index (κ2) is 7.71. The van der Waals surface area contributed by atoms with Crippen LogP contribution in [-0.2, 0) is 6.42 Å². The van der Waals surface area contributed by atoms with Crippen molar-refractivity contribution < 1.29 is 0 Å². The average Bonchev–Trinajstić information content (AvgIpc) is 2.91. The number of rotatable bonds is 6. The van der Waals surface area contributed by atoms with Gasteiger partial charge in [-0.15, -0.1) is 22.7 Å². The molecule has 1 N–H and O–H groups in total. The average molecular weight is 488 g/mol. The Morgan fingerprint density at radius 3 is 2.58 bits per heavy atom. The van der Waals surface area contributed by atoms with E-state index in [9.17, 15) is 0 Å². The first-order valence-corrected chi connectivity index (χ1v) is 10.1. The molecule has 1 atom stereocenters. The Morgan fingerprint density at radius 1 is 1.26 bits per heavy atom. The van der Waals surface area contributed by atoms with Gasteiger partial charge in [0.25, 0.3) is 0 Å². The van der Waals surface area contributed by atoms with E-state index in [1.807, 2.05) is 11.3 Å². The molecule has 0 bridgehead atoms. The van der Waals surface area contributed by atoms with Gasteiger partial charge in [-0.2, -0.15) is 0 Å². The topological polar surface area (TPSA) is 12.0 Å². The van der Waals surface area contributed by atoms with Crippen molar-refractivity contribution in [2.24, 2.45) is 0 Å². The van der Waals surface area contributed by atoms with Gasteiger partial charge in [-0.1, -0.05) is 6.92 Å². The van der Waals surface area contributed by atoms with Crippen molar-refractivity contribution in [3.63, 3.8) is 0 Å². The van der Waals surface area contributed by atoms with Gasteiger partial charge in [0.15, 0.2) is 0 Å². The summed E-state index contributed by atoms with van der Waals surface area (Å²) in [6.07, 6.45) is 2.17. The highest BCUT2D eigenvalue weighted by Gasteiger charge is 2.18. The number of hydrogen-bond donors (Lipinski definition) is 1. The van der Waals surface area contributed by atoms with Crippen LogP contribution in [0.1, 0.15) is 29.8 Å². The van der Waals surface area contributed by atoms with Crippen LogP contribution in [0.25, 0.3) is 0 Å². The first kappa shape index (κ1) is 16.2. The summed E-state index contributed by atoms with van der Waals surface area (Å²) >= 11 is 14.3. The van der Waals surface area contributed by atoms with Gasteiger partial charge in [0.2, 0.25) is 0 Å². The Hall–Kier alpha value is 0.800. The van der Waals surface area contributed by atoms with Crippen LogP contribution in [0.3, 0.4) is 0 Å². The van der Waals surface area contributed by atoms with Crippen LogP contribution >= 0.6 is 70.5 Å². The SMILES string of the molecule is CCCNC(Cc1cc(Br)cs1)c1cc(Br)sc1Br. The van der Waals surface area contributed by atoms with Crippen molar-refractivity contribution in [2.45, 2.75) is 25.8 Å². The highest BCUT2D eigenvalue weighted by molar-refractivity contribution is 9.12. The zero-order valence-corrected chi connectivity index (χ0v) is 16.8. The fourth-order valence-corrected chi connectivity index (χ4v) is 6.34. The van der Waals surface area contributed by atoms with E-state index in [4.69, 9.17) is 0 Å². The van der Waals surface area contributed by atoms with Crippen LogP contribution in [0.2, 0.25) is 0 Å². The summed E-state index contributed by atoms with van der Waals surface area (Å²) < 4.78 is 3.56. The van der Waals surface area contributed by atoms with Crippen molar-refractivity contribution >= 4 is 70.5 Å². The number of thiophene rings is 2. The lowest BCUT2D eigenvalue weighted by Gasteiger charge is -2.17. The van der Waals surface area contributed by atoms with Gasteiger partial charge in [-0.05, 0) is 78.5 Å². The molecule has 0 fully saturated rings. The summed E-state index contributed by atoms with van der Waals surface area (Å²) in [4.78, 5) is 1.40. The van der Waals surface area contributed by atoms with Crippen LogP contribution in [0.5, 0.6) is 0 Å². The molecule has 2 aromatic heterocycles. The second-order valence-electron chi connectivity index (χ2n) is 4.22. The van der Waals surface area contributed by atoms with E-state index < -0.39 is 0 Å². The van der Waals surface area contributed by atoms with E-state index in [2.05, 4.69) is 77.5 Å². The van der Waals surface area contributed by atoms with Crippen LogP contribution in [0, 0.1) is 0 Å². The fraction of sp³-hybridized carbons (Fsp3) is 0.385. The van der Waals surface area contributed by atoms with E-state index >= 15 is 0 Å². The summed E-state index contributed by atoms with van der Waals surface area (Å²) in [6.45, 7) is 3.24. The van der Waals surface area contributed by atoms with Gasteiger partial charge in [-0.3, -0.25) is 0 Å². The molecular weight excluding hydrogens is 474 g/mol. The molecule has 1 nitrogen and oxygen atoms in total. The third kappa shape index (κ3) is 4.64. The van der Waals surface area contributed by atoms with Crippen LogP contribution in [0.4, 0.5) is 0 Å². The van der Waals surface area contributed by atoms with Crippen molar-refractivity contribution in [3.8, 4) is 0 Å². The Kier molecular flexibility index (Phi) is 6.56. The van der Waals surface area contributed by atoms with Gasteiger partial charge in [-0.25, -0.2) is 0 Å². The minimum Gasteiger partial charge on any atom is -0.310 e. The zero-order valence-electron chi connectivity index (χ0n) is 10.4. The molecule has 1 unspecified atom stereocenters. The number of halogens is 3. The first-order valence-electron chi connectivity index (χ1n) is 6.01. The molecule has 0 radical (unpaired) electrons. The molecule has 0 amide bonds.